The molecule has 1 aliphatic carbocycles. The Bertz CT molecular complexity index is 1220. The fourth-order valence-corrected chi connectivity index (χ4v) is 3.44. The van der Waals surface area contributed by atoms with Crippen molar-refractivity contribution in [2.45, 2.75) is 31.9 Å². The van der Waals surface area contributed by atoms with Crippen LogP contribution < -0.4 is 10.6 Å². The molecule has 3 N–H and O–H groups in total. The quantitative estimate of drug-likeness (QED) is 0.470. The number of amides is 2. The molecule has 0 bridgehead atoms. The summed E-state index contributed by atoms with van der Waals surface area (Å²) in [7, 11) is 0. The van der Waals surface area contributed by atoms with Crippen LogP contribution in [0.1, 0.15) is 47.3 Å². The van der Waals surface area contributed by atoms with Gasteiger partial charge in [-0.25, -0.2) is 4.79 Å². The van der Waals surface area contributed by atoms with Crippen molar-refractivity contribution >= 4 is 17.6 Å². The Balaban J connectivity index is 1.62. The van der Waals surface area contributed by atoms with Crippen LogP contribution >= 0.6 is 0 Å². The number of halogens is 3. The zero-order valence-corrected chi connectivity index (χ0v) is 17.6. The normalized spacial score (nSPS) is 13.6. The average molecular weight is 458 g/mol. The summed E-state index contributed by atoms with van der Waals surface area (Å²) in [6.07, 6.45) is -2.70. The average Bonchev–Trinajstić information content (AvgIpc) is 3.53. The number of carbonyl (C=O) groups excluding carboxylic acids is 2. The van der Waals surface area contributed by atoms with Gasteiger partial charge in [-0.1, -0.05) is 6.07 Å². The Kier molecular flexibility index (Phi) is 5.84. The standard InChI is InChI=1S/C23H21F3N4O3/c1-2-27-22(33)30-19(13-6-7-13)12-18(29-30)17-11-16(8-9-20(17)31)28-21(32)14-4-3-5-15(10-14)23(24,25)26/h3-5,8-13,31H,2,6-7H2,1H3,(H,27,33)(H,28,32). The number of benzene rings is 2. The molecule has 1 aliphatic rings. The molecule has 0 saturated heterocycles. The van der Waals surface area contributed by atoms with Crippen LogP contribution in [-0.4, -0.2) is 33.4 Å². The summed E-state index contributed by atoms with van der Waals surface area (Å²) in [4.78, 5) is 24.9. The first kappa shape index (κ1) is 22.4. The van der Waals surface area contributed by atoms with E-state index in [0.29, 0.717) is 12.2 Å². The van der Waals surface area contributed by atoms with E-state index in [9.17, 15) is 27.9 Å². The minimum Gasteiger partial charge on any atom is -0.507 e. The predicted molar refractivity (Wildman–Crippen MR) is 115 cm³/mol. The maximum absolute atomic E-state index is 12.9. The van der Waals surface area contributed by atoms with E-state index in [1.54, 1.807) is 13.0 Å². The Hall–Kier alpha value is -3.82. The number of alkyl halides is 3. The van der Waals surface area contributed by atoms with Crippen molar-refractivity contribution in [3.05, 3.63) is 65.4 Å². The molecule has 3 aromatic rings. The molecule has 1 fully saturated rings. The Labute approximate surface area is 187 Å². The summed E-state index contributed by atoms with van der Waals surface area (Å²) in [5.41, 5.74) is 0.526. The van der Waals surface area contributed by atoms with Crippen molar-refractivity contribution in [1.29, 1.82) is 0 Å². The summed E-state index contributed by atoms with van der Waals surface area (Å²) in [6, 6.07) is 9.67. The first-order valence-electron chi connectivity index (χ1n) is 10.4. The van der Waals surface area contributed by atoms with Gasteiger partial charge in [0.25, 0.3) is 5.91 Å². The van der Waals surface area contributed by atoms with Crippen LogP contribution in [0.3, 0.4) is 0 Å². The molecule has 0 unspecified atom stereocenters. The topological polar surface area (TPSA) is 96.3 Å². The van der Waals surface area contributed by atoms with Crippen LogP contribution in [0.5, 0.6) is 5.75 Å². The highest BCUT2D eigenvalue weighted by atomic mass is 19.4. The van der Waals surface area contributed by atoms with Gasteiger partial charge in [0, 0.05) is 29.3 Å². The number of hydrogen-bond donors (Lipinski definition) is 3. The molecule has 1 saturated carbocycles. The molecule has 2 aromatic carbocycles. The number of hydrogen-bond acceptors (Lipinski definition) is 4. The number of phenols is 1. The molecule has 4 rings (SSSR count). The first-order valence-corrected chi connectivity index (χ1v) is 10.4. The second-order valence-electron chi connectivity index (χ2n) is 7.74. The fraction of sp³-hybridized carbons (Fsp3) is 0.261. The van der Waals surface area contributed by atoms with Crippen molar-refractivity contribution in [3.63, 3.8) is 0 Å². The van der Waals surface area contributed by atoms with Gasteiger partial charge >= 0.3 is 12.2 Å². The minimum atomic E-state index is -4.57. The van der Waals surface area contributed by atoms with Crippen molar-refractivity contribution in [1.82, 2.24) is 15.1 Å². The lowest BCUT2D eigenvalue weighted by molar-refractivity contribution is -0.137. The second-order valence-corrected chi connectivity index (χ2v) is 7.74. The van der Waals surface area contributed by atoms with Gasteiger partial charge in [-0.2, -0.15) is 23.0 Å². The summed E-state index contributed by atoms with van der Waals surface area (Å²) >= 11 is 0. The van der Waals surface area contributed by atoms with Crippen molar-refractivity contribution in [2.24, 2.45) is 0 Å². The number of aromatic hydroxyl groups is 1. The van der Waals surface area contributed by atoms with E-state index in [4.69, 9.17) is 0 Å². The summed E-state index contributed by atoms with van der Waals surface area (Å²) in [5, 5.41) is 20.0. The molecule has 10 heteroatoms. The fourth-order valence-electron chi connectivity index (χ4n) is 3.44. The lowest BCUT2D eigenvalue weighted by Crippen LogP contribution is -2.30. The number of aromatic nitrogens is 2. The van der Waals surface area contributed by atoms with E-state index in [1.165, 1.54) is 28.9 Å². The Morgan fingerprint density at radius 2 is 1.91 bits per heavy atom. The van der Waals surface area contributed by atoms with E-state index >= 15 is 0 Å². The Morgan fingerprint density at radius 1 is 1.15 bits per heavy atom. The van der Waals surface area contributed by atoms with Crippen LogP contribution in [0.2, 0.25) is 0 Å². The lowest BCUT2D eigenvalue weighted by atomic mass is 10.1. The minimum absolute atomic E-state index is 0.116. The van der Waals surface area contributed by atoms with Gasteiger partial charge in [-0.15, -0.1) is 0 Å². The summed E-state index contributed by atoms with van der Waals surface area (Å²) < 4.78 is 40.1. The van der Waals surface area contributed by atoms with Crippen molar-refractivity contribution in [2.75, 3.05) is 11.9 Å². The maximum atomic E-state index is 12.9. The third-order valence-electron chi connectivity index (χ3n) is 5.24. The van der Waals surface area contributed by atoms with Crippen molar-refractivity contribution < 1.29 is 27.9 Å². The van der Waals surface area contributed by atoms with Gasteiger partial charge in [-0.3, -0.25) is 4.79 Å². The molecule has 172 valence electrons. The lowest BCUT2D eigenvalue weighted by Gasteiger charge is -2.10. The van der Waals surface area contributed by atoms with E-state index in [-0.39, 0.29) is 34.5 Å². The number of anilines is 1. The molecule has 0 radical (unpaired) electrons. The maximum Gasteiger partial charge on any atom is 0.416 e. The number of nitrogens with zero attached hydrogens (tertiary/aromatic N) is 2. The van der Waals surface area contributed by atoms with E-state index in [0.717, 1.165) is 36.7 Å². The molecule has 1 aromatic heterocycles. The second kappa shape index (κ2) is 8.61. The largest absolute Gasteiger partial charge is 0.507 e. The zero-order chi connectivity index (χ0) is 23.8. The van der Waals surface area contributed by atoms with Gasteiger partial charge in [0.05, 0.1) is 17.0 Å². The highest BCUT2D eigenvalue weighted by molar-refractivity contribution is 6.04. The number of phenolic OH excluding ortho intramolecular Hbond substituents is 1. The summed E-state index contributed by atoms with van der Waals surface area (Å²) in [5.74, 6) is -0.640. The SMILES string of the molecule is CCNC(=O)n1nc(-c2cc(NC(=O)c3cccc(C(F)(F)F)c3)ccc2O)cc1C1CC1. The monoisotopic (exact) mass is 458 g/mol. The highest BCUT2D eigenvalue weighted by Gasteiger charge is 2.32. The van der Waals surface area contributed by atoms with Crippen LogP contribution in [0.15, 0.2) is 48.5 Å². The molecular formula is C23H21F3N4O3. The number of rotatable bonds is 5. The zero-order valence-electron chi connectivity index (χ0n) is 17.6. The molecule has 7 nitrogen and oxygen atoms in total. The van der Waals surface area contributed by atoms with E-state index in [1.807, 2.05) is 0 Å². The third-order valence-corrected chi connectivity index (χ3v) is 5.24. The van der Waals surface area contributed by atoms with Gasteiger partial charge in [0.15, 0.2) is 0 Å². The van der Waals surface area contributed by atoms with Crippen LogP contribution in [0.25, 0.3) is 11.3 Å². The predicted octanol–water partition coefficient (Wildman–Crippen LogP) is 4.98. The van der Waals surface area contributed by atoms with E-state index < -0.39 is 17.6 Å². The van der Waals surface area contributed by atoms with Gasteiger partial charge in [-0.05, 0) is 62.2 Å². The smallest absolute Gasteiger partial charge is 0.416 e. The molecule has 0 spiro atoms. The molecule has 2 amide bonds. The summed E-state index contributed by atoms with van der Waals surface area (Å²) in [6.45, 7) is 2.22. The van der Waals surface area contributed by atoms with Crippen molar-refractivity contribution in [3.8, 4) is 17.0 Å². The van der Waals surface area contributed by atoms with E-state index in [2.05, 4.69) is 15.7 Å². The van der Waals surface area contributed by atoms with Gasteiger partial charge < -0.3 is 15.7 Å². The molecule has 1 heterocycles. The number of carbonyl (C=O) groups is 2. The Morgan fingerprint density at radius 3 is 2.58 bits per heavy atom. The number of nitrogens with one attached hydrogen (secondary N) is 2. The van der Waals surface area contributed by atoms with Crippen LogP contribution in [0.4, 0.5) is 23.7 Å². The van der Waals surface area contributed by atoms with Gasteiger partial charge in [0.2, 0.25) is 0 Å². The van der Waals surface area contributed by atoms with Crippen LogP contribution in [0, 0.1) is 0 Å². The molecule has 0 aliphatic heterocycles. The van der Waals surface area contributed by atoms with Crippen LogP contribution in [-0.2, 0) is 6.18 Å². The molecule has 0 atom stereocenters. The third kappa shape index (κ3) is 4.84. The molecular weight excluding hydrogens is 437 g/mol. The van der Waals surface area contributed by atoms with Gasteiger partial charge in [0.1, 0.15) is 5.75 Å². The first-order chi connectivity index (χ1) is 15.7. The molecule has 33 heavy (non-hydrogen) atoms. The highest BCUT2D eigenvalue weighted by Crippen LogP contribution is 2.42.